The summed E-state index contributed by atoms with van der Waals surface area (Å²) in [4.78, 5) is 27.2. The molecule has 4 N–H and O–H groups in total. The van der Waals surface area contributed by atoms with Gasteiger partial charge >= 0.3 is 11.7 Å². The first-order chi connectivity index (χ1) is 12.9. The van der Waals surface area contributed by atoms with Crippen LogP contribution in [0.2, 0.25) is 0 Å². The topological polar surface area (TPSA) is 137 Å². The molecule has 9 nitrogen and oxygen atoms in total. The molecule has 3 rings (SSSR count). The molecule has 1 saturated heterocycles. The van der Waals surface area contributed by atoms with Crippen LogP contribution in [0.1, 0.15) is 44.8 Å². The summed E-state index contributed by atoms with van der Waals surface area (Å²) in [6.45, 7) is 0.320. The summed E-state index contributed by atoms with van der Waals surface area (Å²) in [5.74, 6) is -1.76. The molecule has 27 heavy (non-hydrogen) atoms. The zero-order chi connectivity index (χ0) is 19.6. The number of nitrogens with two attached hydrogens (primary N) is 1. The highest BCUT2D eigenvalue weighted by Crippen LogP contribution is 2.31. The van der Waals surface area contributed by atoms with E-state index >= 15 is 0 Å². The van der Waals surface area contributed by atoms with Crippen molar-refractivity contribution in [2.24, 2.45) is 5.92 Å². The van der Waals surface area contributed by atoms with E-state index in [1.807, 2.05) is 0 Å². The largest absolute Gasteiger partial charge is 0.465 e. The van der Waals surface area contributed by atoms with Gasteiger partial charge in [0.05, 0.1) is 25.3 Å². The first-order valence-corrected chi connectivity index (χ1v) is 9.08. The lowest BCUT2D eigenvalue weighted by molar-refractivity contribution is -0.150. The Morgan fingerprint density at radius 3 is 2.74 bits per heavy atom. The van der Waals surface area contributed by atoms with Crippen LogP contribution in [0.15, 0.2) is 11.0 Å². The van der Waals surface area contributed by atoms with Gasteiger partial charge in [-0.3, -0.25) is 9.36 Å². The van der Waals surface area contributed by atoms with Crippen molar-refractivity contribution >= 4 is 11.8 Å². The molecule has 2 heterocycles. The molecule has 0 amide bonds. The minimum atomic E-state index is -1.54. The lowest BCUT2D eigenvalue weighted by Crippen LogP contribution is -2.36. The van der Waals surface area contributed by atoms with Gasteiger partial charge in [0.1, 0.15) is 12.2 Å². The summed E-state index contributed by atoms with van der Waals surface area (Å²) in [7, 11) is 0. The monoisotopic (exact) mass is 385 g/mol. The number of hydrogen-bond acceptors (Lipinski definition) is 8. The van der Waals surface area contributed by atoms with Gasteiger partial charge in [-0.15, -0.1) is 0 Å². The smallest absolute Gasteiger partial charge is 0.351 e. The summed E-state index contributed by atoms with van der Waals surface area (Å²) in [5, 5.41) is 20.3. The molecule has 0 unspecified atom stereocenters. The average molecular weight is 385 g/mol. The molecule has 1 aliphatic heterocycles. The number of aliphatic hydroxyl groups is 2. The number of rotatable bonds is 5. The molecule has 1 aliphatic carbocycles. The fraction of sp³-hybridized carbons (Fsp3) is 0.706. The number of nitrogens with zero attached hydrogens (tertiary/aromatic N) is 2. The van der Waals surface area contributed by atoms with Crippen molar-refractivity contribution in [1.29, 1.82) is 0 Å². The Bertz CT molecular complexity index is 736. The average Bonchev–Trinajstić information content (AvgIpc) is 2.92. The molecule has 1 saturated carbocycles. The number of ether oxygens (including phenoxy) is 2. The summed E-state index contributed by atoms with van der Waals surface area (Å²) < 4.78 is 25.0. The van der Waals surface area contributed by atoms with Gasteiger partial charge in [0.25, 0.3) is 0 Å². The maximum atomic E-state index is 13.6. The van der Waals surface area contributed by atoms with Gasteiger partial charge in [-0.1, -0.05) is 19.3 Å². The molecular formula is C17H24FN3O6. The molecular weight excluding hydrogens is 361 g/mol. The Hall–Kier alpha value is -2.04. The van der Waals surface area contributed by atoms with Gasteiger partial charge in [-0.05, 0) is 18.8 Å². The van der Waals surface area contributed by atoms with Gasteiger partial charge in [0, 0.05) is 0 Å². The predicted octanol–water partition coefficient (Wildman–Crippen LogP) is 0.0974. The van der Waals surface area contributed by atoms with Crippen LogP contribution in [0, 0.1) is 11.7 Å². The van der Waals surface area contributed by atoms with Crippen molar-refractivity contribution in [3.8, 4) is 0 Å². The van der Waals surface area contributed by atoms with E-state index in [0.29, 0.717) is 17.1 Å². The van der Waals surface area contributed by atoms with E-state index in [-0.39, 0.29) is 6.42 Å². The third-order valence-electron chi connectivity index (χ3n) is 5.12. The zero-order valence-corrected chi connectivity index (χ0v) is 14.8. The Balaban J connectivity index is 1.60. The molecule has 0 radical (unpaired) electrons. The third kappa shape index (κ3) is 4.45. The highest BCUT2D eigenvalue weighted by atomic mass is 19.1. The lowest BCUT2D eigenvalue weighted by Gasteiger charge is -2.21. The van der Waals surface area contributed by atoms with Crippen molar-refractivity contribution in [3.63, 3.8) is 0 Å². The van der Waals surface area contributed by atoms with Crippen LogP contribution >= 0.6 is 0 Å². The Kier molecular flexibility index (Phi) is 6.08. The van der Waals surface area contributed by atoms with Crippen LogP contribution in [0.3, 0.4) is 0 Å². The Labute approximate surface area is 154 Å². The normalized spacial score (nSPS) is 29.0. The van der Waals surface area contributed by atoms with Crippen molar-refractivity contribution in [3.05, 3.63) is 22.5 Å². The summed E-state index contributed by atoms with van der Waals surface area (Å²) in [6.07, 6.45) is 0.506. The van der Waals surface area contributed by atoms with Crippen molar-refractivity contribution in [2.75, 3.05) is 12.3 Å². The van der Waals surface area contributed by atoms with Crippen molar-refractivity contribution in [1.82, 2.24) is 9.55 Å². The second kappa shape index (κ2) is 8.32. The molecule has 150 valence electrons. The molecule has 1 aromatic heterocycles. The number of esters is 1. The maximum absolute atomic E-state index is 13.6. The number of anilines is 1. The molecule has 1 aromatic rings. The molecule has 0 bridgehead atoms. The molecule has 4 atom stereocenters. The summed E-state index contributed by atoms with van der Waals surface area (Å²) in [6, 6.07) is 0. The van der Waals surface area contributed by atoms with E-state index in [0.717, 1.165) is 31.9 Å². The number of aliphatic hydroxyl groups excluding tert-OH is 2. The van der Waals surface area contributed by atoms with Crippen LogP contribution in [0.4, 0.5) is 10.2 Å². The lowest BCUT2D eigenvalue weighted by atomic mass is 9.90. The maximum Gasteiger partial charge on any atom is 0.351 e. The number of nitrogen functional groups attached to an aromatic ring is 1. The number of aromatic nitrogens is 2. The highest BCUT2D eigenvalue weighted by Gasteiger charge is 2.45. The van der Waals surface area contributed by atoms with E-state index in [1.165, 1.54) is 6.42 Å². The number of halogens is 1. The second-order valence-corrected chi connectivity index (χ2v) is 7.10. The van der Waals surface area contributed by atoms with E-state index in [4.69, 9.17) is 15.2 Å². The van der Waals surface area contributed by atoms with E-state index in [9.17, 15) is 24.2 Å². The predicted molar refractivity (Wildman–Crippen MR) is 90.9 cm³/mol. The minimum Gasteiger partial charge on any atom is -0.465 e. The van der Waals surface area contributed by atoms with Crippen molar-refractivity contribution < 1.29 is 28.9 Å². The quantitative estimate of drug-likeness (QED) is 0.607. The number of hydrogen-bond donors (Lipinski definition) is 3. The van der Waals surface area contributed by atoms with Gasteiger partial charge in [0.15, 0.2) is 17.9 Å². The van der Waals surface area contributed by atoms with Gasteiger partial charge in [-0.2, -0.15) is 4.98 Å². The van der Waals surface area contributed by atoms with Crippen LogP contribution in [0.25, 0.3) is 0 Å². The Morgan fingerprint density at radius 2 is 2.04 bits per heavy atom. The molecule has 2 aliphatic rings. The number of carbonyl (C=O) groups excluding carboxylic acids is 1. The second-order valence-electron chi connectivity index (χ2n) is 7.10. The van der Waals surface area contributed by atoms with Gasteiger partial charge in [0.2, 0.25) is 0 Å². The Morgan fingerprint density at radius 1 is 1.33 bits per heavy atom. The standard InChI is InChI=1S/C17H24FN3O6/c18-10-7-21(17(25)20-15(10)19)16-14(24)13(23)11(27-16)6-12(22)26-8-9-4-2-1-3-5-9/h7,9,11,13-14,16,23-24H,1-6,8H2,(H2,19,20,25)/t11-,13-,14-,16-/m1/s1. The molecule has 0 aromatic carbocycles. The number of carbonyl (C=O) groups is 1. The van der Waals surface area contributed by atoms with Gasteiger partial charge in [-0.25, -0.2) is 9.18 Å². The summed E-state index contributed by atoms with van der Waals surface area (Å²) >= 11 is 0. The molecule has 2 fully saturated rings. The molecule has 10 heteroatoms. The SMILES string of the molecule is Nc1nc(=O)n([C@@H]2O[C@H](CC(=O)OCC3CCCCC3)[C@@H](O)[C@H]2O)cc1F. The fourth-order valence-electron chi connectivity index (χ4n) is 3.56. The fourth-order valence-corrected chi connectivity index (χ4v) is 3.56. The molecule has 0 spiro atoms. The van der Waals surface area contributed by atoms with Crippen LogP contribution in [-0.2, 0) is 14.3 Å². The summed E-state index contributed by atoms with van der Waals surface area (Å²) in [5.41, 5.74) is 4.29. The minimum absolute atomic E-state index is 0.291. The highest BCUT2D eigenvalue weighted by molar-refractivity contribution is 5.70. The van der Waals surface area contributed by atoms with Crippen LogP contribution in [0.5, 0.6) is 0 Å². The van der Waals surface area contributed by atoms with E-state index < -0.39 is 47.8 Å². The third-order valence-corrected chi connectivity index (χ3v) is 5.12. The van der Waals surface area contributed by atoms with E-state index in [1.54, 1.807) is 0 Å². The van der Waals surface area contributed by atoms with Crippen LogP contribution < -0.4 is 11.4 Å². The first-order valence-electron chi connectivity index (χ1n) is 9.08. The van der Waals surface area contributed by atoms with Crippen LogP contribution in [-0.4, -0.2) is 50.7 Å². The zero-order valence-electron chi connectivity index (χ0n) is 14.8. The van der Waals surface area contributed by atoms with E-state index in [2.05, 4.69) is 4.98 Å². The first kappa shape index (κ1) is 19.7. The van der Waals surface area contributed by atoms with Crippen molar-refractivity contribution in [2.45, 2.75) is 63.1 Å². The van der Waals surface area contributed by atoms with Gasteiger partial charge < -0.3 is 25.4 Å².